The zero-order valence-electron chi connectivity index (χ0n) is 11.8. The molecule has 3 rings (SSSR count). The fourth-order valence-corrected chi connectivity index (χ4v) is 2.24. The molecule has 3 aromatic rings. The first-order chi connectivity index (χ1) is 9.55. The van der Waals surface area contributed by atoms with E-state index in [4.69, 9.17) is 0 Å². The van der Waals surface area contributed by atoms with Crippen molar-refractivity contribution in [2.24, 2.45) is 0 Å². The summed E-state index contributed by atoms with van der Waals surface area (Å²) < 4.78 is 0. The van der Waals surface area contributed by atoms with Crippen LogP contribution in [0.15, 0.2) is 36.8 Å². The molecule has 0 aliphatic rings. The van der Waals surface area contributed by atoms with E-state index in [1.165, 1.54) is 11.9 Å². The average Bonchev–Trinajstić information content (AvgIpc) is 2.87. The smallest absolute Gasteiger partial charge is 0.160 e. The summed E-state index contributed by atoms with van der Waals surface area (Å²) in [7, 11) is 0. The van der Waals surface area contributed by atoms with Crippen molar-refractivity contribution in [2.75, 3.05) is 5.32 Å². The maximum atomic E-state index is 4.32. The number of rotatable bonds is 2. The van der Waals surface area contributed by atoms with E-state index in [9.17, 15) is 0 Å². The van der Waals surface area contributed by atoms with E-state index in [1.54, 1.807) is 6.20 Å². The second kappa shape index (κ2) is 4.59. The number of benzene rings is 1. The molecule has 2 N–H and O–H groups in total. The Bertz CT molecular complexity index is 739. The summed E-state index contributed by atoms with van der Waals surface area (Å²) in [5.41, 5.74) is 3.10. The number of anilines is 2. The lowest BCUT2D eigenvalue weighted by Crippen LogP contribution is -2.13. The zero-order chi connectivity index (χ0) is 14.2. The van der Waals surface area contributed by atoms with Gasteiger partial charge in [-0.1, -0.05) is 39.0 Å². The highest BCUT2D eigenvalue weighted by Gasteiger charge is 2.18. The second-order valence-electron chi connectivity index (χ2n) is 5.78. The molecule has 0 amide bonds. The van der Waals surface area contributed by atoms with Gasteiger partial charge in [0.2, 0.25) is 0 Å². The average molecular weight is 267 g/mol. The molecule has 0 saturated carbocycles. The number of para-hydroxylation sites is 1. The Morgan fingerprint density at radius 1 is 1.10 bits per heavy atom. The topological polar surface area (TPSA) is 66.5 Å². The third kappa shape index (κ3) is 2.22. The summed E-state index contributed by atoms with van der Waals surface area (Å²) >= 11 is 0. The molecule has 0 saturated heterocycles. The van der Waals surface area contributed by atoms with Gasteiger partial charge in [0, 0.05) is 5.69 Å². The van der Waals surface area contributed by atoms with Crippen molar-refractivity contribution in [3.05, 3.63) is 42.4 Å². The molecule has 0 radical (unpaired) electrons. The molecular weight excluding hydrogens is 250 g/mol. The van der Waals surface area contributed by atoms with Crippen molar-refractivity contribution in [1.29, 1.82) is 0 Å². The number of aromatic nitrogens is 4. The van der Waals surface area contributed by atoms with Gasteiger partial charge in [-0.25, -0.2) is 9.97 Å². The van der Waals surface area contributed by atoms with Crippen molar-refractivity contribution in [3.63, 3.8) is 0 Å². The first-order valence-corrected chi connectivity index (χ1v) is 6.56. The van der Waals surface area contributed by atoms with Gasteiger partial charge in [0.25, 0.3) is 0 Å². The summed E-state index contributed by atoms with van der Waals surface area (Å²) in [5.74, 6) is 0.764. The minimum absolute atomic E-state index is 0.0616. The van der Waals surface area contributed by atoms with Crippen LogP contribution in [-0.4, -0.2) is 20.2 Å². The fraction of sp³-hybridized carbons (Fsp3) is 0.267. The van der Waals surface area contributed by atoms with E-state index in [2.05, 4.69) is 64.5 Å². The molecule has 1 aromatic carbocycles. The van der Waals surface area contributed by atoms with E-state index < -0.39 is 0 Å². The Kier molecular flexibility index (Phi) is 2.89. The molecule has 0 fully saturated rings. The van der Waals surface area contributed by atoms with Crippen LogP contribution < -0.4 is 5.32 Å². The van der Waals surface area contributed by atoms with E-state index in [-0.39, 0.29) is 5.41 Å². The predicted molar refractivity (Wildman–Crippen MR) is 80.1 cm³/mol. The van der Waals surface area contributed by atoms with Gasteiger partial charge in [0.15, 0.2) is 5.65 Å². The van der Waals surface area contributed by atoms with Crippen LogP contribution in [0.5, 0.6) is 0 Å². The van der Waals surface area contributed by atoms with Crippen molar-refractivity contribution in [1.82, 2.24) is 20.2 Å². The molecule has 0 unspecified atom stereocenters. The molecule has 5 heteroatoms. The lowest BCUT2D eigenvalue weighted by atomic mass is 9.86. The Labute approximate surface area is 117 Å². The van der Waals surface area contributed by atoms with Crippen molar-refractivity contribution in [3.8, 4) is 0 Å². The fourth-order valence-electron chi connectivity index (χ4n) is 2.24. The van der Waals surface area contributed by atoms with E-state index >= 15 is 0 Å². The van der Waals surface area contributed by atoms with E-state index in [0.717, 1.165) is 22.5 Å². The number of H-pyrrole nitrogens is 1. The standard InChI is InChI=1S/C15H17N5/c1-15(2,3)11-6-4-5-7-12(11)19-13-10-8-18-20-14(10)17-9-16-13/h4-9H,1-3H3,(H2,16,17,18,19,20). The molecule has 0 spiro atoms. The highest BCUT2D eigenvalue weighted by molar-refractivity contribution is 5.88. The van der Waals surface area contributed by atoms with Gasteiger partial charge in [-0.15, -0.1) is 0 Å². The Morgan fingerprint density at radius 2 is 1.90 bits per heavy atom. The van der Waals surface area contributed by atoms with Crippen molar-refractivity contribution >= 4 is 22.5 Å². The number of aromatic amines is 1. The normalized spacial score (nSPS) is 11.8. The maximum absolute atomic E-state index is 4.32. The van der Waals surface area contributed by atoms with E-state index in [1.807, 2.05) is 6.07 Å². The van der Waals surface area contributed by atoms with Crippen LogP contribution in [0, 0.1) is 0 Å². The SMILES string of the molecule is CC(C)(C)c1ccccc1Nc1ncnc2[nH]ncc12. The van der Waals surface area contributed by atoms with Crippen LogP contribution in [0.4, 0.5) is 11.5 Å². The van der Waals surface area contributed by atoms with Gasteiger partial charge in [0.05, 0.1) is 11.6 Å². The van der Waals surface area contributed by atoms with Crippen molar-refractivity contribution in [2.45, 2.75) is 26.2 Å². The lowest BCUT2D eigenvalue weighted by molar-refractivity contribution is 0.592. The van der Waals surface area contributed by atoms with Gasteiger partial charge >= 0.3 is 0 Å². The molecule has 2 aromatic heterocycles. The second-order valence-corrected chi connectivity index (χ2v) is 5.78. The van der Waals surface area contributed by atoms with Crippen LogP contribution in [0.25, 0.3) is 11.0 Å². The van der Waals surface area contributed by atoms with Crippen molar-refractivity contribution < 1.29 is 0 Å². The predicted octanol–water partition coefficient (Wildman–Crippen LogP) is 3.39. The van der Waals surface area contributed by atoms with Gasteiger partial charge in [-0.2, -0.15) is 5.10 Å². The van der Waals surface area contributed by atoms with Gasteiger partial charge in [-0.05, 0) is 17.0 Å². The Balaban J connectivity index is 2.06. The first kappa shape index (κ1) is 12.6. The highest BCUT2D eigenvalue weighted by Crippen LogP contribution is 2.31. The number of hydrogen-bond donors (Lipinski definition) is 2. The largest absolute Gasteiger partial charge is 0.339 e. The number of nitrogens with zero attached hydrogens (tertiary/aromatic N) is 3. The van der Waals surface area contributed by atoms with Crippen LogP contribution in [0.1, 0.15) is 26.3 Å². The van der Waals surface area contributed by atoms with Gasteiger partial charge in [-0.3, -0.25) is 5.10 Å². The number of fused-ring (bicyclic) bond motifs is 1. The Morgan fingerprint density at radius 3 is 2.70 bits per heavy atom. The summed E-state index contributed by atoms with van der Waals surface area (Å²) in [6.45, 7) is 6.59. The number of hydrogen-bond acceptors (Lipinski definition) is 4. The summed E-state index contributed by atoms with van der Waals surface area (Å²) in [6.07, 6.45) is 3.26. The van der Waals surface area contributed by atoms with Crippen LogP contribution in [0.3, 0.4) is 0 Å². The molecule has 0 bridgehead atoms. The Hall–Kier alpha value is -2.43. The van der Waals surface area contributed by atoms with Crippen LogP contribution >= 0.6 is 0 Å². The number of nitrogens with one attached hydrogen (secondary N) is 2. The molecule has 102 valence electrons. The van der Waals surface area contributed by atoms with Crippen LogP contribution in [0.2, 0.25) is 0 Å². The van der Waals surface area contributed by atoms with Gasteiger partial charge in [0.1, 0.15) is 12.1 Å². The zero-order valence-corrected chi connectivity index (χ0v) is 11.8. The highest BCUT2D eigenvalue weighted by atomic mass is 15.2. The summed E-state index contributed by atoms with van der Waals surface area (Å²) in [4.78, 5) is 8.46. The first-order valence-electron chi connectivity index (χ1n) is 6.56. The lowest BCUT2D eigenvalue weighted by Gasteiger charge is -2.23. The minimum Gasteiger partial charge on any atom is -0.339 e. The molecular formula is C15H17N5. The molecule has 20 heavy (non-hydrogen) atoms. The van der Waals surface area contributed by atoms with E-state index in [0.29, 0.717) is 0 Å². The molecule has 2 heterocycles. The summed E-state index contributed by atoms with van der Waals surface area (Å²) in [5, 5.41) is 11.1. The minimum atomic E-state index is 0.0616. The third-order valence-corrected chi connectivity index (χ3v) is 3.24. The van der Waals surface area contributed by atoms with Crippen LogP contribution in [-0.2, 0) is 5.41 Å². The summed E-state index contributed by atoms with van der Waals surface area (Å²) in [6, 6.07) is 8.27. The monoisotopic (exact) mass is 267 g/mol. The van der Waals surface area contributed by atoms with Gasteiger partial charge < -0.3 is 5.32 Å². The molecule has 0 atom stereocenters. The maximum Gasteiger partial charge on any atom is 0.160 e. The quantitative estimate of drug-likeness (QED) is 0.747. The molecule has 0 aliphatic heterocycles. The third-order valence-electron chi connectivity index (χ3n) is 3.24. The molecule has 5 nitrogen and oxygen atoms in total. The molecule has 0 aliphatic carbocycles.